The number of hydrogen-bond donors (Lipinski definition) is 1. The Balaban J connectivity index is 2.65. The molecule has 1 nitrogen and oxygen atoms in total. The van der Waals surface area contributed by atoms with Gasteiger partial charge in [-0.15, -0.1) is 0 Å². The van der Waals surface area contributed by atoms with Crippen LogP contribution in [0.1, 0.15) is 31.4 Å². The lowest BCUT2D eigenvalue weighted by Crippen LogP contribution is -2.34. The monoisotopic (exact) mass is 269 g/mol. The molecule has 0 radical (unpaired) electrons. The summed E-state index contributed by atoms with van der Waals surface area (Å²) in [6.07, 6.45) is 2.05. The first-order chi connectivity index (χ1) is 8.67. The minimum absolute atomic E-state index is 0.131. The molecule has 1 N–H and O–H groups in total. The van der Waals surface area contributed by atoms with E-state index in [1.165, 1.54) is 11.6 Å². The molecule has 0 aliphatic carbocycles. The average Bonchev–Trinajstić information content (AvgIpc) is 2.37. The van der Waals surface area contributed by atoms with Crippen molar-refractivity contribution in [3.05, 3.63) is 35.1 Å². The van der Waals surface area contributed by atoms with Gasteiger partial charge in [0.25, 0.3) is 0 Å². The van der Waals surface area contributed by atoms with Gasteiger partial charge in [-0.3, -0.25) is 0 Å². The van der Waals surface area contributed by atoms with E-state index in [1.54, 1.807) is 6.07 Å². The average molecular weight is 269 g/mol. The molecular formula is C15H24FNS. The van der Waals surface area contributed by atoms with Gasteiger partial charge in [-0.05, 0) is 55.3 Å². The molecule has 1 atom stereocenters. The maximum atomic E-state index is 13.3. The van der Waals surface area contributed by atoms with E-state index in [9.17, 15) is 4.39 Å². The molecule has 1 aromatic carbocycles. The Bertz CT molecular complexity index is 346. The molecule has 0 saturated carbocycles. The predicted molar refractivity (Wildman–Crippen MR) is 79.9 cm³/mol. The molecule has 3 heteroatoms. The maximum Gasteiger partial charge on any atom is 0.123 e. The molecule has 0 aliphatic heterocycles. The molecule has 0 heterocycles. The molecule has 0 spiro atoms. The molecule has 0 fully saturated rings. The molecule has 0 aliphatic rings. The van der Waals surface area contributed by atoms with Crippen LogP contribution in [0.3, 0.4) is 0 Å². The van der Waals surface area contributed by atoms with E-state index in [2.05, 4.69) is 26.1 Å². The first-order valence-electron chi connectivity index (χ1n) is 6.73. The van der Waals surface area contributed by atoms with Crippen molar-refractivity contribution >= 4 is 11.8 Å². The lowest BCUT2D eigenvalue weighted by atomic mass is 10.0. The van der Waals surface area contributed by atoms with Gasteiger partial charge in [0.05, 0.1) is 0 Å². The van der Waals surface area contributed by atoms with Crippen LogP contribution in [-0.4, -0.2) is 24.1 Å². The van der Waals surface area contributed by atoms with Crippen molar-refractivity contribution < 1.29 is 4.39 Å². The topological polar surface area (TPSA) is 12.0 Å². The Labute approximate surface area is 115 Å². The Morgan fingerprint density at radius 1 is 1.33 bits per heavy atom. The van der Waals surface area contributed by atoms with Crippen LogP contribution in [0.2, 0.25) is 0 Å². The minimum Gasteiger partial charge on any atom is -0.313 e. The number of hydrogen-bond acceptors (Lipinski definition) is 2. The molecular weight excluding hydrogens is 245 g/mol. The predicted octanol–water partition coefficient (Wildman–Crippen LogP) is 3.80. The second kappa shape index (κ2) is 8.54. The van der Waals surface area contributed by atoms with E-state index in [1.807, 2.05) is 17.8 Å². The largest absolute Gasteiger partial charge is 0.313 e. The highest BCUT2D eigenvalue weighted by Gasteiger charge is 2.10. The zero-order chi connectivity index (χ0) is 13.4. The molecule has 0 saturated heterocycles. The van der Waals surface area contributed by atoms with Crippen LogP contribution in [0, 0.1) is 12.7 Å². The van der Waals surface area contributed by atoms with E-state index in [0.29, 0.717) is 6.04 Å². The van der Waals surface area contributed by atoms with Crippen molar-refractivity contribution in [3.8, 4) is 0 Å². The molecule has 1 unspecified atom stereocenters. The third-order valence-electron chi connectivity index (χ3n) is 2.98. The maximum absolute atomic E-state index is 13.3. The van der Waals surface area contributed by atoms with Crippen molar-refractivity contribution in [3.63, 3.8) is 0 Å². The van der Waals surface area contributed by atoms with Gasteiger partial charge in [0.15, 0.2) is 0 Å². The van der Waals surface area contributed by atoms with Crippen LogP contribution >= 0.6 is 11.8 Å². The highest BCUT2D eigenvalue weighted by atomic mass is 32.2. The second-order valence-electron chi connectivity index (χ2n) is 4.59. The lowest BCUT2D eigenvalue weighted by molar-refractivity contribution is 0.546. The zero-order valence-electron chi connectivity index (χ0n) is 11.6. The molecule has 18 heavy (non-hydrogen) atoms. The Kier molecular flexibility index (Phi) is 7.36. The van der Waals surface area contributed by atoms with Gasteiger partial charge in [-0.1, -0.05) is 19.9 Å². The quantitative estimate of drug-likeness (QED) is 0.770. The van der Waals surface area contributed by atoms with E-state index in [0.717, 1.165) is 36.5 Å². The van der Waals surface area contributed by atoms with Crippen molar-refractivity contribution in [1.82, 2.24) is 5.32 Å². The van der Waals surface area contributed by atoms with E-state index < -0.39 is 0 Å². The first-order valence-corrected chi connectivity index (χ1v) is 7.89. The summed E-state index contributed by atoms with van der Waals surface area (Å²) in [5, 5.41) is 3.56. The summed E-state index contributed by atoms with van der Waals surface area (Å²) in [4.78, 5) is 0. The minimum atomic E-state index is -0.131. The van der Waals surface area contributed by atoms with Crippen LogP contribution in [0.15, 0.2) is 18.2 Å². The number of aryl methyl sites for hydroxylation is 1. The molecule has 0 aromatic heterocycles. The Hall–Kier alpha value is -0.540. The summed E-state index contributed by atoms with van der Waals surface area (Å²) in [6.45, 7) is 7.43. The van der Waals surface area contributed by atoms with Crippen LogP contribution in [-0.2, 0) is 6.42 Å². The fourth-order valence-electron chi connectivity index (χ4n) is 1.92. The van der Waals surface area contributed by atoms with Gasteiger partial charge < -0.3 is 5.32 Å². The Morgan fingerprint density at radius 2 is 2.11 bits per heavy atom. The number of halogens is 1. The third-order valence-corrected chi connectivity index (χ3v) is 4.03. The van der Waals surface area contributed by atoms with Gasteiger partial charge in [0, 0.05) is 11.8 Å². The fourth-order valence-corrected chi connectivity index (χ4v) is 2.68. The van der Waals surface area contributed by atoms with Crippen LogP contribution in [0.4, 0.5) is 4.39 Å². The van der Waals surface area contributed by atoms with E-state index in [4.69, 9.17) is 0 Å². The van der Waals surface area contributed by atoms with Gasteiger partial charge >= 0.3 is 0 Å². The number of thioether (sulfide) groups is 1. The van der Waals surface area contributed by atoms with Crippen LogP contribution < -0.4 is 5.32 Å². The molecule has 102 valence electrons. The smallest absolute Gasteiger partial charge is 0.123 e. The zero-order valence-corrected chi connectivity index (χ0v) is 12.4. The number of benzene rings is 1. The van der Waals surface area contributed by atoms with Crippen molar-refractivity contribution in [2.45, 2.75) is 39.7 Å². The summed E-state index contributed by atoms with van der Waals surface area (Å²) in [7, 11) is 0. The van der Waals surface area contributed by atoms with Gasteiger partial charge in [0.2, 0.25) is 0 Å². The van der Waals surface area contributed by atoms with Gasteiger partial charge in [0.1, 0.15) is 5.82 Å². The standard InChI is InChI=1S/C15H24FNS/c1-4-8-17-15(11-18-5-2)10-13-9-14(16)7-6-12(13)3/h6-7,9,15,17H,4-5,8,10-11H2,1-3H3. The van der Waals surface area contributed by atoms with Gasteiger partial charge in [-0.2, -0.15) is 11.8 Å². The first kappa shape index (κ1) is 15.5. The van der Waals surface area contributed by atoms with E-state index in [-0.39, 0.29) is 5.82 Å². The summed E-state index contributed by atoms with van der Waals surface area (Å²) < 4.78 is 13.3. The summed E-state index contributed by atoms with van der Waals surface area (Å²) in [6, 6.07) is 5.52. The van der Waals surface area contributed by atoms with Crippen LogP contribution in [0.5, 0.6) is 0 Å². The highest BCUT2D eigenvalue weighted by Crippen LogP contribution is 2.14. The van der Waals surface area contributed by atoms with Crippen molar-refractivity contribution in [1.29, 1.82) is 0 Å². The van der Waals surface area contributed by atoms with Crippen molar-refractivity contribution in [2.24, 2.45) is 0 Å². The highest BCUT2D eigenvalue weighted by molar-refractivity contribution is 7.99. The second-order valence-corrected chi connectivity index (χ2v) is 5.90. The summed E-state index contributed by atoms with van der Waals surface area (Å²) in [5.74, 6) is 2.09. The molecule has 1 rings (SSSR count). The van der Waals surface area contributed by atoms with Gasteiger partial charge in [-0.25, -0.2) is 4.39 Å². The fraction of sp³-hybridized carbons (Fsp3) is 0.600. The SMILES string of the molecule is CCCNC(CSCC)Cc1cc(F)ccc1C. The third kappa shape index (κ3) is 5.40. The number of nitrogens with one attached hydrogen (secondary N) is 1. The molecule has 0 amide bonds. The van der Waals surface area contributed by atoms with Crippen molar-refractivity contribution in [2.75, 3.05) is 18.1 Å². The normalized spacial score (nSPS) is 12.7. The van der Waals surface area contributed by atoms with Crippen LogP contribution in [0.25, 0.3) is 0 Å². The van der Waals surface area contributed by atoms with E-state index >= 15 is 0 Å². The summed E-state index contributed by atoms with van der Waals surface area (Å²) in [5.41, 5.74) is 2.31. The Morgan fingerprint density at radius 3 is 2.78 bits per heavy atom. The number of rotatable bonds is 8. The lowest BCUT2D eigenvalue weighted by Gasteiger charge is -2.19. The molecule has 0 bridgehead atoms. The molecule has 1 aromatic rings. The summed E-state index contributed by atoms with van der Waals surface area (Å²) >= 11 is 1.94.